The molecule has 0 saturated heterocycles. The summed E-state index contributed by atoms with van der Waals surface area (Å²) in [6.45, 7) is 2.14. The molecule has 3 rings (SSSR count). The third kappa shape index (κ3) is 5.38. The molecule has 0 radical (unpaired) electrons. The molecule has 2 aromatic carbocycles. The Labute approximate surface area is 184 Å². The lowest BCUT2D eigenvalue weighted by molar-refractivity contribution is 0.0959. The fourth-order valence-corrected chi connectivity index (χ4v) is 3.27. The van der Waals surface area contributed by atoms with E-state index in [1.165, 1.54) is 19.4 Å². The molecule has 0 spiro atoms. The number of aromatic nitrogens is 1. The smallest absolute Gasteiger partial charge is 0.321 e. The van der Waals surface area contributed by atoms with Crippen LogP contribution in [0.1, 0.15) is 28.5 Å². The number of ether oxygens (including phenoxy) is 1. The molecule has 2 N–H and O–H groups in total. The van der Waals surface area contributed by atoms with Crippen LogP contribution in [-0.2, 0) is 6.42 Å². The summed E-state index contributed by atoms with van der Waals surface area (Å²) >= 11 is 6.07. The first-order valence-corrected chi connectivity index (χ1v) is 9.96. The van der Waals surface area contributed by atoms with Crippen LogP contribution in [0.15, 0.2) is 54.7 Å². The Morgan fingerprint density at radius 1 is 1.16 bits per heavy atom. The van der Waals surface area contributed by atoms with Gasteiger partial charge in [0.05, 0.1) is 12.7 Å². The first-order chi connectivity index (χ1) is 14.9. The third-order valence-electron chi connectivity index (χ3n) is 4.53. The summed E-state index contributed by atoms with van der Waals surface area (Å²) in [5.41, 5.74) is 2.17. The van der Waals surface area contributed by atoms with Crippen molar-refractivity contribution in [3.05, 3.63) is 82.4 Å². The van der Waals surface area contributed by atoms with Gasteiger partial charge in [-0.3, -0.25) is 15.1 Å². The normalized spacial score (nSPS) is 10.5. The van der Waals surface area contributed by atoms with Crippen LogP contribution in [0.4, 0.5) is 9.18 Å². The van der Waals surface area contributed by atoms with Crippen molar-refractivity contribution in [3.8, 4) is 16.9 Å². The van der Waals surface area contributed by atoms with Crippen LogP contribution in [-0.4, -0.2) is 30.6 Å². The number of carbonyl (C=O) groups excluding carboxylic acids is 2. The van der Waals surface area contributed by atoms with Gasteiger partial charge in [0, 0.05) is 24.2 Å². The van der Waals surface area contributed by atoms with Crippen LogP contribution >= 0.6 is 11.6 Å². The van der Waals surface area contributed by atoms with Crippen molar-refractivity contribution >= 4 is 23.5 Å². The molecule has 0 bridgehead atoms. The van der Waals surface area contributed by atoms with Gasteiger partial charge in [-0.15, -0.1) is 0 Å². The first kappa shape index (κ1) is 22.2. The van der Waals surface area contributed by atoms with Crippen molar-refractivity contribution in [3.63, 3.8) is 0 Å². The third-order valence-corrected chi connectivity index (χ3v) is 4.77. The summed E-state index contributed by atoms with van der Waals surface area (Å²) in [5, 5.41) is 5.15. The molecule has 1 heterocycles. The molecule has 31 heavy (non-hydrogen) atoms. The Morgan fingerprint density at radius 3 is 2.61 bits per heavy atom. The van der Waals surface area contributed by atoms with Gasteiger partial charge in [-0.2, -0.15) is 0 Å². The quantitative estimate of drug-likeness (QED) is 0.585. The van der Waals surface area contributed by atoms with E-state index in [0.717, 1.165) is 0 Å². The Balaban J connectivity index is 1.84. The van der Waals surface area contributed by atoms with Gasteiger partial charge in [0.1, 0.15) is 17.3 Å². The minimum atomic E-state index is -0.614. The zero-order valence-corrected chi connectivity index (χ0v) is 17.8. The maximum atomic E-state index is 15.4. The number of nitrogens with zero attached hydrogens (tertiary/aromatic N) is 1. The zero-order valence-electron chi connectivity index (χ0n) is 17.0. The number of pyridine rings is 1. The summed E-state index contributed by atoms with van der Waals surface area (Å²) in [4.78, 5) is 27.6. The molecule has 0 aliphatic heterocycles. The van der Waals surface area contributed by atoms with E-state index in [1.54, 1.807) is 49.4 Å². The van der Waals surface area contributed by atoms with Crippen molar-refractivity contribution < 1.29 is 18.7 Å². The standard InChI is InChI=1S/C23H21ClFN3O3/c1-3-26-23(30)28-22(29)18-9-7-14(13-27-18)11-16-8-10-19(31-2)20(21(16)25)15-5-4-6-17(24)12-15/h4-10,12-13H,3,11H2,1-2H3,(H2,26,28,29,30). The first-order valence-electron chi connectivity index (χ1n) is 9.58. The number of urea groups is 1. The summed E-state index contributed by atoms with van der Waals surface area (Å²) in [6.07, 6.45) is 1.74. The largest absolute Gasteiger partial charge is 0.496 e. The predicted molar refractivity (Wildman–Crippen MR) is 117 cm³/mol. The van der Waals surface area contributed by atoms with E-state index in [1.807, 2.05) is 0 Å². The second-order valence-corrected chi connectivity index (χ2v) is 7.10. The number of carbonyl (C=O) groups is 2. The highest BCUT2D eigenvalue weighted by Gasteiger charge is 2.17. The summed E-state index contributed by atoms with van der Waals surface area (Å²) < 4.78 is 20.7. The van der Waals surface area contributed by atoms with Gasteiger partial charge in [0.15, 0.2) is 0 Å². The Morgan fingerprint density at radius 2 is 1.97 bits per heavy atom. The molecule has 1 aromatic heterocycles. The lowest BCUT2D eigenvalue weighted by atomic mass is 9.97. The summed E-state index contributed by atoms with van der Waals surface area (Å²) in [7, 11) is 1.48. The molecular formula is C23H21ClFN3O3. The topological polar surface area (TPSA) is 80.3 Å². The number of amides is 3. The van der Waals surface area contributed by atoms with E-state index >= 15 is 4.39 Å². The zero-order chi connectivity index (χ0) is 22.4. The molecule has 3 amide bonds. The highest BCUT2D eigenvalue weighted by Crippen LogP contribution is 2.36. The van der Waals surface area contributed by atoms with Gasteiger partial charge < -0.3 is 10.1 Å². The van der Waals surface area contributed by atoms with Gasteiger partial charge in [0.2, 0.25) is 0 Å². The van der Waals surface area contributed by atoms with Gasteiger partial charge in [-0.1, -0.05) is 35.9 Å². The predicted octanol–water partition coefficient (Wildman–Crippen LogP) is 4.60. The second kappa shape index (κ2) is 10.0. The number of benzene rings is 2. The van der Waals surface area contributed by atoms with E-state index < -0.39 is 17.8 Å². The number of methoxy groups -OCH3 is 1. The average Bonchev–Trinajstić information content (AvgIpc) is 2.75. The van der Waals surface area contributed by atoms with Gasteiger partial charge in [-0.05, 0) is 47.9 Å². The molecule has 0 fully saturated rings. The van der Waals surface area contributed by atoms with E-state index in [4.69, 9.17) is 16.3 Å². The van der Waals surface area contributed by atoms with Crippen molar-refractivity contribution in [2.75, 3.05) is 13.7 Å². The lowest BCUT2D eigenvalue weighted by Gasteiger charge is -2.14. The van der Waals surface area contributed by atoms with Crippen molar-refractivity contribution in [1.82, 2.24) is 15.6 Å². The van der Waals surface area contributed by atoms with Crippen molar-refractivity contribution in [2.45, 2.75) is 13.3 Å². The number of imide groups is 1. The number of nitrogens with one attached hydrogen (secondary N) is 2. The molecule has 0 saturated carbocycles. The highest BCUT2D eigenvalue weighted by molar-refractivity contribution is 6.30. The number of hydrogen-bond acceptors (Lipinski definition) is 4. The van der Waals surface area contributed by atoms with E-state index in [0.29, 0.717) is 39.6 Å². The molecule has 0 aliphatic rings. The fraction of sp³-hybridized carbons (Fsp3) is 0.174. The minimum absolute atomic E-state index is 0.0878. The molecule has 160 valence electrons. The van der Waals surface area contributed by atoms with Crippen LogP contribution in [0.3, 0.4) is 0 Å². The number of hydrogen-bond donors (Lipinski definition) is 2. The Hall–Kier alpha value is -3.45. The van der Waals surface area contributed by atoms with Gasteiger partial charge in [0.25, 0.3) is 5.91 Å². The minimum Gasteiger partial charge on any atom is -0.496 e. The SMILES string of the molecule is CCNC(=O)NC(=O)c1ccc(Cc2ccc(OC)c(-c3cccc(Cl)c3)c2F)cn1. The van der Waals surface area contributed by atoms with E-state index in [2.05, 4.69) is 15.6 Å². The fourth-order valence-electron chi connectivity index (χ4n) is 3.08. The van der Waals surface area contributed by atoms with Crippen LogP contribution in [0.5, 0.6) is 5.75 Å². The van der Waals surface area contributed by atoms with Crippen LogP contribution in [0, 0.1) is 5.82 Å². The molecular weight excluding hydrogens is 421 g/mol. The lowest BCUT2D eigenvalue weighted by Crippen LogP contribution is -2.39. The number of halogens is 2. The molecule has 0 aliphatic carbocycles. The molecule has 0 unspecified atom stereocenters. The maximum absolute atomic E-state index is 15.4. The maximum Gasteiger partial charge on any atom is 0.321 e. The van der Waals surface area contributed by atoms with Crippen molar-refractivity contribution in [2.24, 2.45) is 0 Å². The summed E-state index contributed by atoms with van der Waals surface area (Å²) in [5.74, 6) is -0.630. The average molecular weight is 442 g/mol. The van der Waals surface area contributed by atoms with Gasteiger partial charge >= 0.3 is 6.03 Å². The van der Waals surface area contributed by atoms with E-state index in [-0.39, 0.29) is 12.1 Å². The Bertz CT molecular complexity index is 1100. The van der Waals surface area contributed by atoms with Gasteiger partial charge in [-0.25, -0.2) is 9.18 Å². The highest BCUT2D eigenvalue weighted by atomic mass is 35.5. The van der Waals surface area contributed by atoms with Crippen LogP contribution < -0.4 is 15.4 Å². The van der Waals surface area contributed by atoms with Crippen LogP contribution in [0.25, 0.3) is 11.1 Å². The van der Waals surface area contributed by atoms with Crippen molar-refractivity contribution in [1.29, 1.82) is 0 Å². The molecule has 0 atom stereocenters. The van der Waals surface area contributed by atoms with Crippen LogP contribution in [0.2, 0.25) is 5.02 Å². The summed E-state index contributed by atoms with van der Waals surface area (Å²) in [6, 6.07) is 12.8. The monoisotopic (exact) mass is 441 g/mol. The molecule has 6 nitrogen and oxygen atoms in total. The second-order valence-electron chi connectivity index (χ2n) is 6.67. The van der Waals surface area contributed by atoms with E-state index in [9.17, 15) is 9.59 Å². The number of rotatable bonds is 6. The molecule has 8 heteroatoms. The molecule has 3 aromatic rings. The Kier molecular flexibility index (Phi) is 7.20.